The maximum atomic E-state index is 13.6. The van der Waals surface area contributed by atoms with Crippen LogP contribution in [0.3, 0.4) is 0 Å². The second-order valence-electron chi connectivity index (χ2n) is 7.60. The molecule has 2 aromatic carbocycles. The highest BCUT2D eigenvalue weighted by atomic mass is 32.2. The van der Waals surface area contributed by atoms with Crippen LogP contribution in [0.15, 0.2) is 36.4 Å². The fourth-order valence-corrected chi connectivity index (χ4v) is 4.13. The summed E-state index contributed by atoms with van der Waals surface area (Å²) in [6.07, 6.45) is -1.37. The molecule has 1 aliphatic carbocycles. The minimum absolute atomic E-state index is 0.0589. The summed E-state index contributed by atoms with van der Waals surface area (Å²) in [6, 6.07) is 7.53. The van der Waals surface area contributed by atoms with Gasteiger partial charge in [0.05, 0.1) is 5.56 Å². The van der Waals surface area contributed by atoms with Gasteiger partial charge in [0.1, 0.15) is 18.1 Å². The van der Waals surface area contributed by atoms with Crippen LogP contribution in [-0.4, -0.2) is 13.9 Å². The molecule has 3 rings (SSSR count). The third kappa shape index (κ3) is 5.48. The first-order valence-electron chi connectivity index (χ1n) is 9.72. The number of halogens is 6. The summed E-state index contributed by atoms with van der Waals surface area (Å²) >= 11 is 0. The fraction of sp³-hybridized carbons (Fsp3) is 0.429. The summed E-state index contributed by atoms with van der Waals surface area (Å²) < 4.78 is 110. The summed E-state index contributed by atoms with van der Waals surface area (Å²) in [6.45, 7) is 1.03. The van der Waals surface area contributed by atoms with Gasteiger partial charge in [0.2, 0.25) is 0 Å². The predicted octanol–water partition coefficient (Wildman–Crippen LogP) is 6.48. The first-order chi connectivity index (χ1) is 14.8. The van der Waals surface area contributed by atoms with Crippen molar-refractivity contribution in [2.45, 2.75) is 56.8 Å². The number of ether oxygens (including phenoxy) is 1. The van der Waals surface area contributed by atoms with Crippen LogP contribution in [0.4, 0.5) is 26.3 Å². The molecule has 32 heavy (non-hydrogen) atoms. The van der Waals surface area contributed by atoms with E-state index in [2.05, 4.69) is 4.18 Å². The van der Waals surface area contributed by atoms with Gasteiger partial charge in [-0.3, -0.25) is 0 Å². The molecule has 0 radical (unpaired) electrons. The van der Waals surface area contributed by atoms with Crippen LogP contribution in [-0.2, 0) is 22.9 Å². The van der Waals surface area contributed by atoms with Gasteiger partial charge >= 0.3 is 21.8 Å². The molecule has 1 fully saturated rings. The third-order valence-corrected chi connectivity index (χ3v) is 6.23. The fourth-order valence-electron chi connectivity index (χ4n) is 3.62. The van der Waals surface area contributed by atoms with E-state index in [1.54, 1.807) is 0 Å². The zero-order valence-electron chi connectivity index (χ0n) is 16.9. The molecule has 0 aromatic heterocycles. The van der Waals surface area contributed by atoms with Crippen molar-refractivity contribution in [2.24, 2.45) is 0 Å². The molecule has 0 saturated heterocycles. The molecule has 176 valence electrons. The smallest absolute Gasteiger partial charge is 0.489 e. The summed E-state index contributed by atoms with van der Waals surface area (Å²) in [4.78, 5) is 0. The molecule has 0 aliphatic heterocycles. The van der Waals surface area contributed by atoms with E-state index in [1.165, 1.54) is 31.2 Å². The number of alkyl halides is 6. The minimum Gasteiger partial charge on any atom is -0.489 e. The van der Waals surface area contributed by atoms with Gasteiger partial charge in [0.15, 0.2) is 0 Å². The van der Waals surface area contributed by atoms with Crippen LogP contribution >= 0.6 is 0 Å². The van der Waals surface area contributed by atoms with Crippen LogP contribution in [0.1, 0.15) is 53.9 Å². The zero-order chi connectivity index (χ0) is 23.7. The molecule has 1 aliphatic rings. The van der Waals surface area contributed by atoms with Gasteiger partial charge in [-0.25, -0.2) is 0 Å². The predicted molar refractivity (Wildman–Crippen MR) is 104 cm³/mol. The van der Waals surface area contributed by atoms with Crippen molar-refractivity contribution in [1.82, 2.24) is 0 Å². The van der Waals surface area contributed by atoms with E-state index in [4.69, 9.17) is 4.74 Å². The van der Waals surface area contributed by atoms with Gasteiger partial charge in [-0.2, -0.15) is 34.8 Å². The Bertz CT molecular complexity index is 1070. The van der Waals surface area contributed by atoms with Crippen molar-refractivity contribution in [1.29, 1.82) is 0 Å². The highest BCUT2D eigenvalue weighted by Gasteiger charge is 2.48. The Morgan fingerprint density at radius 2 is 1.62 bits per heavy atom. The Kier molecular flexibility index (Phi) is 6.69. The number of hydrogen-bond donors (Lipinski definition) is 0. The molecular formula is C21H20F6O4S. The van der Waals surface area contributed by atoms with E-state index < -0.39 is 33.1 Å². The van der Waals surface area contributed by atoms with E-state index in [-0.39, 0.29) is 35.0 Å². The summed E-state index contributed by atoms with van der Waals surface area (Å²) in [5.41, 5.74) is -5.77. The molecule has 0 atom stereocenters. The zero-order valence-corrected chi connectivity index (χ0v) is 17.7. The first-order valence-corrected chi connectivity index (χ1v) is 11.1. The van der Waals surface area contributed by atoms with E-state index in [1.807, 2.05) is 0 Å². The molecule has 4 nitrogen and oxygen atoms in total. The Morgan fingerprint density at radius 1 is 0.969 bits per heavy atom. The second-order valence-corrected chi connectivity index (χ2v) is 9.14. The normalized spacial score (nSPS) is 15.7. The summed E-state index contributed by atoms with van der Waals surface area (Å²) in [5, 5.41) is 0. The molecule has 0 N–H and O–H groups in total. The Hall–Kier alpha value is -2.43. The number of aryl methyl sites for hydroxylation is 1. The van der Waals surface area contributed by atoms with Crippen LogP contribution in [0.2, 0.25) is 0 Å². The molecule has 0 heterocycles. The van der Waals surface area contributed by atoms with Gasteiger partial charge in [0.25, 0.3) is 0 Å². The molecule has 1 saturated carbocycles. The lowest BCUT2D eigenvalue weighted by Gasteiger charge is -2.19. The number of hydrogen-bond acceptors (Lipinski definition) is 4. The topological polar surface area (TPSA) is 52.6 Å². The molecule has 2 aromatic rings. The highest BCUT2D eigenvalue weighted by molar-refractivity contribution is 7.88. The highest BCUT2D eigenvalue weighted by Crippen LogP contribution is 2.42. The van der Waals surface area contributed by atoms with Crippen molar-refractivity contribution in [3.63, 3.8) is 0 Å². The van der Waals surface area contributed by atoms with Crippen LogP contribution < -0.4 is 8.92 Å². The Morgan fingerprint density at radius 3 is 2.22 bits per heavy atom. The number of benzene rings is 2. The number of rotatable bonds is 6. The maximum Gasteiger partial charge on any atom is 0.534 e. The van der Waals surface area contributed by atoms with Crippen molar-refractivity contribution in [3.8, 4) is 11.5 Å². The van der Waals surface area contributed by atoms with Crippen molar-refractivity contribution in [3.05, 3.63) is 58.7 Å². The monoisotopic (exact) mass is 482 g/mol. The van der Waals surface area contributed by atoms with Gasteiger partial charge in [-0.15, -0.1) is 0 Å². The van der Waals surface area contributed by atoms with Crippen molar-refractivity contribution in [2.75, 3.05) is 0 Å². The lowest BCUT2D eigenvalue weighted by atomic mass is 9.91. The van der Waals surface area contributed by atoms with Crippen molar-refractivity contribution < 1.29 is 43.7 Å². The average Bonchev–Trinajstić information content (AvgIpc) is 3.21. The maximum absolute atomic E-state index is 13.6. The minimum atomic E-state index is -5.87. The van der Waals surface area contributed by atoms with Gasteiger partial charge in [0, 0.05) is 6.07 Å². The lowest BCUT2D eigenvalue weighted by molar-refractivity contribution is -0.138. The molecule has 0 spiro atoms. The third-order valence-electron chi connectivity index (χ3n) is 5.27. The van der Waals surface area contributed by atoms with Crippen LogP contribution in [0.5, 0.6) is 11.5 Å². The van der Waals surface area contributed by atoms with Gasteiger partial charge in [-0.1, -0.05) is 31.0 Å². The van der Waals surface area contributed by atoms with Crippen LogP contribution in [0, 0.1) is 6.92 Å². The molecule has 0 unspecified atom stereocenters. The Balaban J connectivity index is 1.79. The molecule has 0 amide bonds. The SMILES string of the molecule is Cc1ccc(OCc2ccc(C3CCCC3)c(C(F)(F)F)c2)cc1OS(=O)(=O)C(F)(F)F. The average molecular weight is 482 g/mol. The van der Waals surface area contributed by atoms with E-state index in [9.17, 15) is 34.8 Å². The Labute approximate surface area is 181 Å². The summed E-state index contributed by atoms with van der Waals surface area (Å²) in [7, 11) is -5.87. The van der Waals surface area contributed by atoms with Crippen molar-refractivity contribution >= 4 is 10.1 Å². The largest absolute Gasteiger partial charge is 0.534 e. The first kappa shape index (κ1) is 24.2. The molecular weight excluding hydrogens is 462 g/mol. The summed E-state index contributed by atoms with van der Waals surface area (Å²) in [5.74, 6) is -0.794. The van der Waals surface area contributed by atoms with Gasteiger partial charge in [-0.05, 0) is 54.5 Å². The molecule has 0 bridgehead atoms. The second kappa shape index (κ2) is 8.84. The molecule has 11 heteroatoms. The van der Waals surface area contributed by atoms with E-state index in [0.29, 0.717) is 12.8 Å². The standard InChI is InChI=1S/C21H20F6O4S/c1-13-6-8-16(11-19(13)31-32(28,29)21(25,26)27)30-12-14-7-9-17(15-4-2-3-5-15)18(10-14)20(22,23)24/h6-11,15H,2-5,12H2,1H3. The van der Waals surface area contributed by atoms with Gasteiger partial charge < -0.3 is 8.92 Å². The lowest BCUT2D eigenvalue weighted by Crippen LogP contribution is -2.28. The quantitative estimate of drug-likeness (QED) is 0.269. The van der Waals surface area contributed by atoms with E-state index >= 15 is 0 Å². The van der Waals surface area contributed by atoms with Crippen LogP contribution in [0.25, 0.3) is 0 Å². The van der Waals surface area contributed by atoms with E-state index in [0.717, 1.165) is 25.0 Å².